The maximum atomic E-state index is 5.61. The van der Waals surface area contributed by atoms with Crippen LogP contribution in [0, 0.1) is 0 Å². The van der Waals surface area contributed by atoms with Gasteiger partial charge in [0, 0.05) is 0 Å². The second-order valence-electron chi connectivity index (χ2n) is 4.32. The number of aromatic amines is 1. The van der Waals surface area contributed by atoms with Gasteiger partial charge in [0.25, 0.3) is 0 Å². The number of H-pyrrole nitrogens is 1. The highest BCUT2D eigenvalue weighted by Gasteiger charge is 2.02. The molecule has 0 saturated heterocycles. The summed E-state index contributed by atoms with van der Waals surface area (Å²) in [5.74, 6) is 1.61. The maximum absolute atomic E-state index is 5.61. The van der Waals surface area contributed by atoms with Gasteiger partial charge in [0.15, 0.2) is 5.82 Å². The van der Waals surface area contributed by atoms with E-state index in [-0.39, 0.29) is 5.95 Å². The Morgan fingerprint density at radius 3 is 2.30 bits per heavy atom. The van der Waals surface area contributed by atoms with E-state index in [0.29, 0.717) is 12.4 Å². The number of benzene rings is 2. The van der Waals surface area contributed by atoms with Gasteiger partial charge in [0.05, 0.1) is 0 Å². The van der Waals surface area contributed by atoms with Gasteiger partial charge in [-0.05, 0) is 23.3 Å². The molecule has 0 aliphatic heterocycles. The summed E-state index contributed by atoms with van der Waals surface area (Å²) in [5, 5.41) is 6.45. The first-order chi connectivity index (χ1) is 9.81. The smallest absolute Gasteiger partial charge is 0.239 e. The number of nitrogens with two attached hydrogens (primary N) is 1. The number of aromatic nitrogens is 3. The minimum atomic E-state index is 0.225. The van der Waals surface area contributed by atoms with Crippen molar-refractivity contribution in [2.45, 2.75) is 6.61 Å². The first-order valence-electron chi connectivity index (χ1n) is 6.26. The van der Waals surface area contributed by atoms with Crippen molar-refractivity contribution >= 4 is 5.95 Å². The molecule has 0 unspecified atom stereocenters. The molecule has 3 aromatic rings. The van der Waals surface area contributed by atoms with Gasteiger partial charge in [-0.2, -0.15) is 4.98 Å². The molecule has 1 aromatic heterocycles. The number of rotatable bonds is 4. The number of ether oxygens (including phenoxy) is 1. The molecule has 0 saturated carbocycles. The molecule has 0 aliphatic rings. The summed E-state index contributed by atoms with van der Waals surface area (Å²) >= 11 is 0. The molecule has 5 heteroatoms. The molecule has 0 aliphatic carbocycles. The first-order valence-corrected chi connectivity index (χ1v) is 6.26. The zero-order valence-electron chi connectivity index (χ0n) is 10.8. The van der Waals surface area contributed by atoms with Crippen LogP contribution < -0.4 is 10.5 Å². The van der Waals surface area contributed by atoms with E-state index in [4.69, 9.17) is 10.5 Å². The molecule has 20 heavy (non-hydrogen) atoms. The van der Waals surface area contributed by atoms with Gasteiger partial charge < -0.3 is 10.5 Å². The SMILES string of the molecule is Nc1n[nH]c(COc2ccc(-c3ccccc3)cc2)n1. The molecule has 2 aromatic carbocycles. The Morgan fingerprint density at radius 1 is 0.950 bits per heavy atom. The van der Waals surface area contributed by atoms with Gasteiger partial charge in [-0.25, -0.2) is 0 Å². The molecular formula is C15H14N4O. The van der Waals surface area contributed by atoms with Crippen LogP contribution in [0.15, 0.2) is 54.6 Å². The van der Waals surface area contributed by atoms with E-state index in [0.717, 1.165) is 11.3 Å². The van der Waals surface area contributed by atoms with Crippen LogP contribution in [0.1, 0.15) is 5.82 Å². The van der Waals surface area contributed by atoms with Crippen LogP contribution in [0.2, 0.25) is 0 Å². The van der Waals surface area contributed by atoms with E-state index in [9.17, 15) is 0 Å². The summed E-state index contributed by atoms with van der Waals surface area (Å²) in [5.41, 5.74) is 7.76. The average molecular weight is 266 g/mol. The summed E-state index contributed by atoms with van der Waals surface area (Å²) < 4.78 is 5.61. The number of nitrogens with zero attached hydrogens (tertiary/aromatic N) is 2. The molecule has 3 N–H and O–H groups in total. The maximum Gasteiger partial charge on any atom is 0.239 e. The number of anilines is 1. The number of hydrogen-bond acceptors (Lipinski definition) is 4. The molecular weight excluding hydrogens is 252 g/mol. The molecule has 3 rings (SSSR count). The lowest BCUT2D eigenvalue weighted by atomic mass is 10.1. The molecule has 5 nitrogen and oxygen atoms in total. The van der Waals surface area contributed by atoms with Gasteiger partial charge in [-0.15, -0.1) is 5.10 Å². The Morgan fingerprint density at radius 2 is 1.65 bits per heavy atom. The minimum absolute atomic E-state index is 0.225. The van der Waals surface area contributed by atoms with Crippen LogP contribution in [0.25, 0.3) is 11.1 Å². The standard InChI is InChI=1S/C15H14N4O/c16-15-17-14(18-19-15)10-20-13-8-6-12(7-9-13)11-4-2-1-3-5-11/h1-9H,10H2,(H3,16,17,18,19). The van der Waals surface area contributed by atoms with Crippen LogP contribution in [0.3, 0.4) is 0 Å². The second-order valence-corrected chi connectivity index (χ2v) is 4.32. The van der Waals surface area contributed by atoms with Gasteiger partial charge in [-0.3, -0.25) is 5.10 Å². The molecule has 100 valence electrons. The monoisotopic (exact) mass is 266 g/mol. The third kappa shape index (κ3) is 2.77. The van der Waals surface area contributed by atoms with E-state index in [1.807, 2.05) is 42.5 Å². The highest BCUT2D eigenvalue weighted by molar-refractivity contribution is 5.63. The van der Waals surface area contributed by atoms with Gasteiger partial charge in [0.2, 0.25) is 5.95 Å². The van der Waals surface area contributed by atoms with E-state index in [2.05, 4.69) is 27.3 Å². The third-order valence-electron chi connectivity index (χ3n) is 2.89. The average Bonchev–Trinajstić information content (AvgIpc) is 2.92. The van der Waals surface area contributed by atoms with E-state index >= 15 is 0 Å². The van der Waals surface area contributed by atoms with Crippen LogP contribution in [-0.4, -0.2) is 15.2 Å². The zero-order valence-corrected chi connectivity index (χ0v) is 10.8. The molecule has 1 heterocycles. The third-order valence-corrected chi connectivity index (χ3v) is 2.89. The number of nitrogens with one attached hydrogen (secondary N) is 1. The molecule has 0 spiro atoms. The Kier molecular flexibility index (Phi) is 3.33. The zero-order chi connectivity index (χ0) is 13.8. The summed E-state index contributed by atoms with van der Waals surface area (Å²) in [4.78, 5) is 3.98. The van der Waals surface area contributed by atoms with Crippen LogP contribution >= 0.6 is 0 Å². The summed E-state index contributed by atoms with van der Waals surface area (Å²) in [7, 11) is 0. The van der Waals surface area contributed by atoms with E-state index in [1.165, 1.54) is 5.56 Å². The lowest BCUT2D eigenvalue weighted by molar-refractivity contribution is 0.296. The first kappa shape index (κ1) is 12.2. The fourth-order valence-corrected chi connectivity index (χ4v) is 1.90. The molecule has 0 bridgehead atoms. The quantitative estimate of drug-likeness (QED) is 0.761. The molecule has 0 amide bonds. The highest BCUT2D eigenvalue weighted by atomic mass is 16.5. The Bertz CT molecular complexity index is 677. The van der Waals surface area contributed by atoms with Crippen molar-refractivity contribution in [1.82, 2.24) is 15.2 Å². The number of hydrogen-bond donors (Lipinski definition) is 2. The van der Waals surface area contributed by atoms with Crippen molar-refractivity contribution in [3.8, 4) is 16.9 Å². The van der Waals surface area contributed by atoms with Crippen molar-refractivity contribution in [3.63, 3.8) is 0 Å². The van der Waals surface area contributed by atoms with Crippen LogP contribution in [0.4, 0.5) is 5.95 Å². The summed E-state index contributed by atoms with van der Waals surface area (Å²) in [6, 6.07) is 18.1. The Balaban J connectivity index is 1.67. The Labute approximate surface area is 116 Å². The predicted octanol–water partition coefficient (Wildman–Crippen LogP) is 2.63. The normalized spacial score (nSPS) is 10.4. The van der Waals surface area contributed by atoms with E-state index < -0.39 is 0 Å². The van der Waals surface area contributed by atoms with Gasteiger partial charge in [0.1, 0.15) is 12.4 Å². The predicted molar refractivity (Wildman–Crippen MR) is 77.0 cm³/mol. The highest BCUT2D eigenvalue weighted by Crippen LogP contribution is 2.22. The number of nitrogen functional groups attached to an aromatic ring is 1. The fraction of sp³-hybridized carbons (Fsp3) is 0.0667. The second kappa shape index (κ2) is 5.44. The summed E-state index contributed by atoms with van der Waals surface area (Å²) in [6.07, 6.45) is 0. The fourth-order valence-electron chi connectivity index (χ4n) is 1.90. The minimum Gasteiger partial charge on any atom is -0.486 e. The van der Waals surface area contributed by atoms with Crippen molar-refractivity contribution in [2.24, 2.45) is 0 Å². The lowest BCUT2D eigenvalue weighted by Gasteiger charge is -2.05. The van der Waals surface area contributed by atoms with Crippen molar-refractivity contribution in [2.75, 3.05) is 5.73 Å². The van der Waals surface area contributed by atoms with Gasteiger partial charge >= 0.3 is 0 Å². The largest absolute Gasteiger partial charge is 0.486 e. The van der Waals surface area contributed by atoms with Crippen LogP contribution in [0.5, 0.6) is 5.75 Å². The topological polar surface area (TPSA) is 76.8 Å². The Hall–Kier alpha value is -2.82. The van der Waals surface area contributed by atoms with Crippen molar-refractivity contribution in [1.29, 1.82) is 0 Å². The molecule has 0 radical (unpaired) electrons. The van der Waals surface area contributed by atoms with Crippen molar-refractivity contribution < 1.29 is 4.74 Å². The van der Waals surface area contributed by atoms with Crippen LogP contribution in [-0.2, 0) is 6.61 Å². The molecule has 0 fully saturated rings. The molecule has 0 atom stereocenters. The summed E-state index contributed by atoms with van der Waals surface area (Å²) in [6.45, 7) is 0.314. The van der Waals surface area contributed by atoms with E-state index in [1.54, 1.807) is 0 Å². The lowest BCUT2D eigenvalue weighted by Crippen LogP contribution is -1.97. The van der Waals surface area contributed by atoms with Gasteiger partial charge in [-0.1, -0.05) is 42.5 Å². The van der Waals surface area contributed by atoms with Crippen molar-refractivity contribution in [3.05, 3.63) is 60.4 Å².